The minimum atomic E-state index is -0.0946. The summed E-state index contributed by atoms with van der Waals surface area (Å²) >= 11 is 1.87. The van der Waals surface area contributed by atoms with Crippen LogP contribution in [0.15, 0.2) is 29.3 Å². The average Bonchev–Trinajstić information content (AvgIpc) is 2.58. The maximum atomic E-state index is 11.1. The standard InChI is InChI=1S/C18H30N4O2S.HI/c1-4-19-18(20-10-5-6-13-25-3)21-11-12-24-17-9-7-8-16(14-17)22-15(2)23;/h7-9,14H,4-6,10-13H2,1-3H3,(H,22,23)(H2,19,20,21);1H. The molecule has 26 heavy (non-hydrogen) atoms. The summed E-state index contributed by atoms with van der Waals surface area (Å²) in [7, 11) is 0. The number of carbonyl (C=O) groups excluding carboxylic acids is 1. The van der Waals surface area contributed by atoms with Crippen LogP contribution in [0, 0.1) is 0 Å². The van der Waals surface area contributed by atoms with E-state index < -0.39 is 0 Å². The molecule has 3 N–H and O–H groups in total. The Morgan fingerprint density at radius 2 is 2.08 bits per heavy atom. The lowest BCUT2D eigenvalue weighted by atomic mass is 10.3. The molecule has 6 nitrogen and oxygen atoms in total. The minimum Gasteiger partial charge on any atom is -0.492 e. The summed E-state index contributed by atoms with van der Waals surface area (Å²) in [6.07, 6.45) is 4.42. The number of amides is 1. The van der Waals surface area contributed by atoms with E-state index in [0.717, 1.165) is 36.9 Å². The average molecular weight is 494 g/mol. The molecular formula is C18H31IN4O2S. The number of thioether (sulfide) groups is 1. The highest BCUT2D eigenvalue weighted by Gasteiger charge is 2.00. The van der Waals surface area contributed by atoms with Crippen molar-refractivity contribution in [1.29, 1.82) is 0 Å². The number of benzene rings is 1. The number of hydrogen-bond donors (Lipinski definition) is 3. The van der Waals surface area contributed by atoms with Crippen LogP contribution in [-0.4, -0.2) is 50.1 Å². The zero-order valence-corrected chi connectivity index (χ0v) is 19.0. The van der Waals surface area contributed by atoms with E-state index in [0.29, 0.717) is 13.2 Å². The fraction of sp³-hybridized carbons (Fsp3) is 0.556. The molecule has 0 aromatic heterocycles. The predicted octanol–water partition coefficient (Wildman–Crippen LogP) is 3.34. The molecule has 148 valence electrons. The topological polar surface area (TPSA) is 74.8 Å². The number of nitrogens with zero attached hydrogens (tertiary/aromatic N) is 1. The van der Waals surface area contributed by atoms with Crippen LogP contribution < -0.4 is 20.7 Å². The van der Waals surface area contributed by atoms with Crippen molar-refractivity contribution in [2.75, 3.05) is 43.6 Å². The number of halogens is 1. The second kappa shape index (κ2) is 16.0. The van der Waals surface area contributed by atoms with E-state index in [-0.39, 0.29) is 29.9 Å². The third-order valence-corrected chi connectivity index (χ3v) is 3.89. The molecule has 0 spiro atoms. The van der Waals surface area contributed by atoms with E-state index >= 15 is 0 Å². The van der Waals surface area contributed by atoms with Gasteiger partial charge in [-0.25, -0.2) is 0 Å². The Morgan fingerprint density at radius 3 is 2.77 bits per heavy atom. The van der Waals surface area contributed by atoms with Gasteiger partial charge < -0.3 is 20.7 Å². The first-order valence-corrected chi connectivity index (χ1v) is 10.1. The molecule has 0 saturated carbocycles. The number of ether oxygens (including phenoxy) is 1. The minimum absolute atomic E-state index is 0. The highest BCUT2D eigenvalue weighted by atomic mass is 127. The highest BCUT2D eigenvalue weighted by molar-refractivity contribution is 14.0. The molecule has 1 rings (SSSR count). The van der Waals surface area contributed by atoms with E-state index in [1.807, 2.05) is 36.0 Å². The van der Waals surface area contributed by atoms with E-state index in [2.05, 4.69) is 34.1 Å². The van der Waals surface area contributed by atoms with Gasteiger partial charge in [0.05, 0.1) is 6.54 Å². The molecule has 0 saturated heterocycles. The van der Waals surface area contributed by atoms with Crippen LogP contribution >= 0.6 is 35.7 Å². The number of nitrogens with one attached hydrogen (secondary N) is 3. The second-order valence-electron chi connectivity index (χ2n) is 5.44. The van der Waals surface area contributed by atoms with Crippen molar-refractivity contribution in [3.8, 4) is 5.75 Å². The lowest BCUT2D eigenvalue weighted by molar-refractivity contribution is -0.114. The molecule has 0 atom stereocenters. The van der Waals surface area contributed by atoms with Gasteiger partial charge in [-0.15, -0.1) is 24.0 Å². The molecule has 0 bridgehead atoms. The van der Waals surface area contributed by atoms with Crippen LogP contribution in [0.1, 0.15) is 26.7 Å². The number of aliphatic imine (C=N–C) groups is 1. The van der Waals surface area contributed by atoms with Crippen molar-refractivity contribution in [1.82, 2.24) is 10.6 Å². The maximum Gasteiger partial charge on any atom is 0.221 e. The number of guanidine groups is 1. The third-order valence-electron chi connectivity index (χ3n) is 3.19. The SMILES string of the molecule is CCNC(=NCCCCSC)NCCOc1cccc(NC(C)=O)c1.I. The van der Waals surface area contributed by atoms with Crippen LogP contribution in [0.25, 0.3) is 0 Å². The van der Waals surface area contributed by atoms with Crippen LogP contribution in [0.2, 0.25) is 0 Å². The smallest absolute Gasteiger partial charge is 0.221 e. The fourth-order valence-corrected chi connectivity index (χ4v) is 2.59. The van der Waals surface area contributed by atoms with E-state index in [9.17, 15) is 4.79 Å². The first kappa shape index (κ1) is 24.8. The molecule has 0 heterocycles. The van der Waals surface area contributed by atoms with Gasteiger partial charge in [-0.1, -0.05) is 6.07 Å². The van der Waals surface area contributed by atoms with Crippen LogP contribution in [0.5, 0.6) is 5.75 Å². The molecule has 0 aliphatic rings. The quantitative estimate of drug-likeness (QED) is 0.191. The van der Waals surface area contributed by atoms with Crippen LogP contribution in [0.3, 0.4) is 0 Å². The summed E-state index contributed by atoms with van der Waals surface area (Å²) in [6, 6.07) is 7.37. The molecular weight excluding hydrogens is 463 g/mol. The Balaban J connectivity index is 0.00000625. The normalized spacial score (nSPS) is 10.7. The van der Waals surface area contributed by atoms with E-state index in [1.54, 1.807) is 0 Å². The molecule has 8 heteroatoms. The molecule has 0 radical (unpaired) electrons. The number of rotatable bonds is 11. The molecule has 0 aliphatic carbocycles. The first-order chi connectivity index (χ1) is 12.2. The first-order valence-electron chi connectivity index (χ1n) is 8.67. The van der Waals surface area contributed by atoms with Gasteiger partial charge in [-0.3, -0.25) is 9.79 Å². The van der Waals surface area contributed by atoms with Crippen molar-refractivity contribution in [2.24, 2.45) is 4.99 Å². The molecule has 1 amide bonds. The van der Waals surface area contributed by atoms with Gasteiger partial charge in [0.2, 0.25) is 5.91 Å². The number of unbranched alkanes of at least 4 members (excludes halogenated alkanes) is 1. The Labute approximate surface area is 178 Å². The molecule has 0 aliphatic heterocycles. The monoisotopic (exact) mass is 494 g/mol. The fourth-order valence-electron chi connectivity index (χ4n) is 2.10. The third kappa shape index (κ3) is 12.2. The van der Waals surface area contributed by atoms with E-state index in [1.165, 1.54) is 19.1 Å². The molecule has 1 aromatic carbocycles. The number of anilines is 1. The van der Waals surface area contributed by atoms with E-state index in [4.69, 9.17) is 4.74 Å². The molecule has 0 fully saturated rings. The second-order valence-corrected chi connectivity index (χ2v) is 6.43. The molecule has 1 aromatic rings. The van der Waals surface area contributed by atoms with Crippen molar-refractivity contribution >= 4 is 53.3 Å². The number of carbonyl (C=O) groups is 1. The lowest BCUT2D eigenvalue weighted by Gasteiger charge is -2.12. The summed E-state index contributed by atoms with van der Waals surface area (Å²) in [4.78, 5) is 15.6. The highest BCUT2D eigenvalue weighted by Crippen LogP contribution is 2.16. The summed E-state index contributed by atoms with van der Waals surface area (Å²) in [5.74, 6) is 2.64. The zero-order valence-electron chi connectivity index (χ0n) is 15.8. The van der Waals surface area contributed by atoms with Gasteiger partial charge in [-0.2, -0.15) is 11.8 Å². The predicted molar refractivity (Wildman–Crippen MR) is 123 cm³/mol. The summed E-state index contributed by atoms with van der Waals surface area (Å²) in [5.41, 5.74) is 0.734. The zero-order chi connectivity index (χ0) is 18.3. The van der Waals surface area contributed by atoms with Crippen LogP contribution in [-0.2, 0) is 4.79 Å². The van der Waals surface area contributed by atoms with Gasteiger partial charge in [0.25, 0.3) is 0 Å². The summed E-state index contributed by atoms with van der Waals surface area (Å²) < 4.78 is 5.72. The van der Waals surface area contributed by atoms with Crippen molar-refractivity contribution in [3.63, 3.8) is 0 Å². The van der Waals surface area contributed by atoms with Gasteiger partial charge in [0.1, 0.15) is 12.4 Å². The largest absolute Gasteiger partial charge is 0.492 e. The van der Waals surface area contributed by atoms with Gasteiger partial charge in [-0.05, 0) is 43.9 Å². The Morgan fingerprint density at radius 1 is 1.27 bits per heavy atom. The summed E-state index contributed by atoms with van der Waals surface area (Å²) in [6.45, 7) is 6.36. The van der Waals surface area contributed by atoms with Crippen molar-refractivity contribution < 1.29 is 9.53 Å². The summed E-state index contributed by atoms with van der Waals surface area (Å²) in [5, 5.41) is 9.24. The Bertz CT molecular complexity index is 544. The Hall–Kier alpha value is -1.16. The lowest BCUT2D eigenvalue weighted by Crippen LogP contribution is -2.39. The van der Waals surface area contributed by atoms with Crippen LogP contribution in [0.4, 0.5) is 5.69 Å². The molecule has 0 unspecified atom stereocenters. The maximum absolute atomic E-state index is 11.1. The number of hydrogen-bond acceptors (Lipinski definition) is 4. The van der Waals surface area contributed by atoms with Gasteiger partial charge >= 0.3 is 0 Å². The van der Waals surface area contributed by atoms with Gasteiger partial charge in [0.15, 0.2) is 5.96 Å². The van der Waals surface area contributed by atoms with Gasteiger partial charge in [0, 0.05) is 31.8 Å². The Kier molecular flexibility index (Phi) is 15.3. The van der Waals surface area contributed by atoms with Crippen molar-refractivity contribution in [3.05, 3.63) is 24.3 Å². The van der Waals surface area contributed by atoms with Crippen molar-refractivity contribution in [2.45, 2.75) is 26.7 Å².